The molecule has 0 radical (unpaired) electrons. The van der Waals surface area contributed by atoms with E-state index >= 15 is 0 Å². The van der Waals surface area contributed by atoms with Crippen LogP contribution in [0.25, 0.3) is 11.3 Å². The largest absolute Gasteiger partial charge is 0.493 e. The van der Waals surface area contributed by atoms with Crippen molar-refractivity contribution in [1.82, 2.24) is 10.2 Å². The maximum Gasteiger partial charge on any atom is 0.276 e. The number of halogens is 1. The van der Waals surface area contributed by atoms with Crippen LogP contribution in [0.4, 0.5) is 0 Å². The summed E-state index contributed by atoms with van der Waals surface area (Å²) in [4.78, 5) is 22.6. The third-order valence-corrected chi connectivity index (χ3v) is 2.93. The fourth-order valence-corrected chi connectivity index (χ4v) is 1.85. The molecule has 1 heterocycles. The van der Waals surface area contributed by atoms with E-state index in [0.717, 1.165) is 5.56 Å². The SMILES string of the molecule is CC(C)COc1cccc(-c2cc(C(=O)Cl)c(=O)[nH]n2)c1. The fourth-order valence-electron chi connectivity index (χ4n) is 1.71. The number of ether oxygens (including phenoxy) is 1. The van der Waals surface area contributed by atoms with Crippen LogP contribution in [0.3, 0.4) is 0 Å². The summed E-state index contributed by atoms with van der Waals surface area (Å²) in [6, 6.07) is 8.64. The van der Waals surface area contributed by atoms with Crippen LogP contribution in [0.15, 0.2) is 35.1 Å². The van der Waals surface area contributed by atoms with E-state index in [1.54, 1.807) is 6.07 Å². The van der Waals surface area contributed by atoms with Gasteiger partial charge < -0.3 is 4.74 Å². The fraction of sp³-hybridized carbons (Fsp3) is 0.267. The van der Waals surface area contributed by atoms with Crippen molar-refractivity contribution >= 4 is 16.8 Å². The Morgan fingerprint density at radius 1 is 1.38 bits per heavy atom. The molecule has 0 aliphatic heterocycles. The Bertz CT molecular complexity index is 710. The lowest BCUT2D eigenvalue weighted by Gasteiger charge is -2.09. The minimum atomic E-state index is -0.813. The molecule has 1 aromatic heterocycles. The van der Waals surface area contributed by atoms with E-state index in [4.69, 9.17) is 16.3 Å². The topological polar surface area (TPSA) is 72.1 Å². The Morgan fingerprint density at radius 2 is 2.14 bits per heavy atom. The third kappa shape index (κ3) is 3.92. The van der Waals surface area contributed by atoms with Gasteiger partial charge in [-0.15, -0.1) is 0 Å². The van der Waals surface area contributed by atoms with Crippen molar-refractivity contribution in [3.8, 4) is 17.0 Å². The van der Waals surface area contributed by atoms with Gasteiger partial charge in [0.1, 0.15) is 11.3 Å². The molecule has 6 heteroatoms. The molecule has 5 nitrogen and oxygen atoms in total. The second kappa shape index (κ2) is 6.54. The number of carbonyl (C=O) groups is 1. The molecule has 0 atom stereocenters. The van der Waals surface area contributed by atoms with Crippen molar-refractivity contribution in [2.45, 2.75) is 13.8 Å². The van der Waals surface area contributed by atoms with Crippen LogP contribution < -0.4 is 10.3 Å². The highest BCUT2D eigenvalue weighted by Crippen LogP contribution is 2.22. The molecule has 0 amide bonds. The summed E-state index contributed by atoms with van der Waals surface area (Å²) in [6.07, 6.45) is 0. The molecule has 1 aromatic carbocycles. The van der Waals surface area contributed by atoms with Gasteiger partial charge in [-0.3, -0.25) is 9.59 Å². The molecule has 2 rings (SSSR count). The van der Waals surface area contributed by atoms with E-state index in [1.165, 1.54) is 6.07 Å². The molecule has 0 spiro atoms. The molecule has 21 heavy (non-hydrogen) atoms. The molecule has 0 unspecified atom stereocenters. The van der Waals surface area contributed by atoms with Crippen LogP contribution in [-0.2, 0) is 0 Å². The molecule has 0 saturated heterocycles. The highest BCUT2D eigenvalue weighted by Gasteiger charge is 2.11. The average Bonchev–Trinajstić information content (AvgIpc) is 2.45. The Balaban J connectivity index is 2.34. The van der Waals surface area contributed by atoms with Crippen molar-refractivity contribution in [1.29, 1.82) is 0 Å². The molecule has 1 N–H and O–H groups in total. The molecule has 0 aliphatic rings. The van der Waals surface area contributed by atoms with Crippen molar-refractivity contribution in [3.63, 3.8) is 0 Å². The van der Waals surface area contributed by atoms with Gasteiger partial charge in [-0.1, -0.05) is 26.0 Å². The minimum absolute atomic E-state index is 0.129. The van der Waals surface area contributed by atoms with Gasteiger partial charge in [-0.05, 0) is 35.7 Å². The van der Waals surface area contributed by atoms with Crippen LogP contribution in [0, 0.1) is 5.92 Å². The first-order valence-corrected chi connectivity index (χ1v) is 6.88. The number of carbonyl (C=O) groups excluding carboxylic acids is 1. The van der Waals surface area contributed by atoms with Gasteiger partial charge in [0.05, 0.1) is 12.3 Å². The monoisotopic (exact) mass is 306 g/mol. The summed E-state index contributed by atoms with van der Waals surface area (Å²) in [5, 5.41) is 5.38. The molecule has 0 fully saturated rings. The van der Waals surface area contributed by atoms with Gasteiger partial charge in [-0.25, -0.2) is 5.10 Å². The smallest absolute Gasteiger partial charge is 0.276 e. The van der Waals surface area contributed by atoms with Crippen molar-refractivity contribution in [2.24, 2.45) is 5.92 Å². The maximum absolute atomic E-state index is 11.4. The van der Waals surface area contributed by atoms with Crippen LogP contribution in [0.5, 0.6) is 5.75 Å². The van der Waals surface area contributed by atoms with Crippen molar-refractivity contribution in [2.75, 3.05) is 6.61 Å². The van der Waals surface area contributed by atoms with E-state index in [9.17, 15) is 9.59 Å². The quantitative estimate of drug-likeness (QED) is 0.862. The van der Waals surface area contributed by atoms with Crippen LogP contribution in [0.1, 0.15) is 24.2 Å². The molecule has 0 saturated carbocycles. The molecule has 0 bridgehead atoms. The van der Waals surface area contributed by atoms with Crippen molar-refractivity contribution in [3.05, 3.63) is 46.2 Å². The lowest BCUT2D eigenvalue weighted by Crippen LogP contribution is -2.16. The number of benzene rings is 1. The van der Waals surface area contributed by atoms with Gasteiger partial charge in [0.25, 0.3) is 10.8 Å². The molecular formula is C15H15ClN2O3. The predicted molar refractivity (Wildman–Crippen MR) is 80.8 cm³/mol. The van der Waals surface area contributed by atoms with Crippen LogP contribution in [-0.4, -0.2) is 22.0 Å². The molecular weight excluding hydrogens is 292 g/mol. The highest BCUT2D eigenvalue weighted by molar-refractivity contribution is 6.67. The number of nitrogens with zero attached hydrogens (tertiary/aromatic N) is 1. The zero-order valence-electron chi connectivity index (χ0n) is 11.7. The second-order valence-corrected chi connectivity index (χ2v) is 5.35. The van der Waals surface area contributed by atoms with E-state index in [-0.39, 0.29) is 5.56 Å². The zero-order chi connectivity index (χ0) is 15.4. The van der Waals surface area contributed by atoms with Crippen LogP contribution >= 0.6 is 11.6 Å². The Kier molecular flexibility index (Phi) is 4.75. The summed E-state index contributed by atoms with van der Waals surface area (Å²) in [5.74, 6) is 1.12. The summed E-state index contributed by atoms with van der Waals surface area (Å²) < 4.78 is 5.64. The number of hydrogen-bond donors (Lipinski definition) is 1. The van der Waals surface area contributed by atoms with Gasteiger partial charge >= 0.3 is 0 Å². The lowest BCUT2D eigenvalue weighted by atomic mass is 10.1. The zero-order valence-corrected chi connectivity index (χ0v) is 12.5. The summed E-state index contributed by atoms with van der Waals surface area (Å²) >= 11 is 5.37. The normalized spacial score (nSPS) is 10.7. The van der Waals surface area contributed by atoms with E-state index in [2.05, 4.69) is 24.0 Å². The number of nitrogens with one attached hydrogen (secondary N) is 1. The number of rotatable bonds is 5. The second-order valence-electron chi connectivity index (χ2n) is 5.00. The summed E-state index contributed by atoms with van der Waals surface area (Å²) in [6.45, 7) is 4.73. The molecule has 2 aromatic rings. The average molecular weight is 307 g/mol. The van der Waals surface area contributed by atoms with E-state index < -0.39 is 10.8 Å². The van der Waals surface area contributed by atoms with Gasteiger partial charge in [0.2, 0.25) is 0 Å². The third-order valence-electron chi connectivity index (χ3n) is 2.73. The summed E-state index contributed by atoms with van der Waals surface area (Å²) in [5.41, 5.74) is 0.446. The van der Waals surface area contributed by atoms with Gasteiger partial charge in [0, 0.05) is 5.56 Å². The minimum Gasteiger partial charge on any atom is -0.493 e. The number of aromatic amines is 1. The highest BCUT2D eigenvalue weighted by atomic mass is 35.5. The Hall–Kier alpha value is -2.14. The first-order valence-electron chi connectivity index (χ1n) is 6.50. The first-order chi connectivity index (χ1) is 9.97. The van der Waals surface area contributed by atoms with Crippen molar-refractivity contribution < 1.29 is 9.53 Å². The van der Waals surface area contributed by atoms with Gasteiger partial charge in [0.15, 0.2) is 0 Å². The predicted octanol–water partition coefficient (Wildman–Crippen LogP) is 2.85. The number of H-pyrrole nitrogens is 1. The van der Waals surface area contributed by atoms with Crippen LogP contribution in [0.2, 0.25) is 0 Å². The first kappa shape index (κ1) is 15.3. The van der Waals surface area contributed by atoms with E-state index in [0.29, 0.717) is 24.0 Å². The Morgan fingerprint density at radius 3 is 2.81 bits per heavy atom. The van der Waals surface area contributed by atoms with E-state index in [1.807, 2.05) is 18.2 Å². The molecule has 0 aliphatic carbocycles. The standard InChI is InChI=1S/C15H15ClN2O3/c1-9(2)8-21-11-5-3-4-10(6-11)13-7-12(14(16)19)15(20)18-17-13/h3-7,9H,8H2,1-2H3,(H,18,20). The lowest BCUT2D eigenvalue weighted by molar-refractivity contribution is 0.108. The Labute approximate surface area is 126 Å². The summed E-state index contributed by atoms with van der Waals surface area (Å²) in [7, 11) is 0. The number of aromatic nitrogens is 2. The number of hydrogen-bond acceptors (Lipinski definition) is 4. The molecule has 110 valence electrons. The maximum atomic E-state index is 11.4. The van der Waals surface area contributed by atoms with Gasteiger partial charge in [-0.2, -0.15) is 5.10 Å².